The maximum absolute atomic E-state index is 14.1. The Labute approximate surface area is 216 Å². The summed E-state index contributed by atoms with van der Waals surface area (Å²) in [5, 5.41) is -0.0276. The predicted molar refractivity (Wildman–Crippen MR) is 132 cm³/mol. The van der Waals surface area contributed by atoms with Crippen molar-refractivity contribution < 1.29 is 28.2 Å². The van der Waals surface area contributed by atoms with E-state index in [1.165, 1.54) is 18.3 Å². The number of benzene rings is 1. The first-order valence-electron chi connectivity index (χ1n) is 10.2. The van der Waals surface area contributed by atoms with E-state index in [1.54, 1.807) is 48.5 Å². The van der Waals surface area contributed by atoms with Gasteiger partial charge in [-0.25, -0.2) is 19.0 Å². The number of anilines is 1. The molecule has 2 amide bonds. The largest absolute Gasteiger partial charge is 0.482 e. The van der Waals surface area contributed by atoms with E-state index in [1.807, 2.05) is 0 Å². The number of aromatic nitrogens is 1. The van der Waals surface area contributed by atoms with E-state index < -0.39 is 35.3 Å². The molecule has 2 rings (SSSR count). The maximum atomic E-state index is 14.1. The zero-order valence-electron chi connectivity index (χ0n) is 19.8. The summed E-state index contributed by atoms with van der Waals surface area (Å²) < 4.78 is 31.3. The molecule has 7 nitrogen and oxygen atoms in total. The van der Waals surface area contributed by atoms with Gasteiger partial charge >= 0.3 is 12.2 Å². The van der Waals surface area contributed by atoms with Crippen LogP contribution in [0, 0.1) is 5.82 Å². The topological polar surface area (TPSA) is 78.0 Å². The monoisotopic (exact) mass is 578 g/mol. The number of hydrogen-bond acceptors (Lipinski definition) is 6. The molecule has 0 spiro atoms. The fraction of sp³-hybridized carbons (Fsp3) is 0.435. The van der Waals surface area contributed by atoms with Crippen LogP contribution in [-0.4, -0.2) is 28.4 Å². The summed E-state index contributed by atoms with van der Waals surface area (Å²) in [5.74, 6) is -0.870. The lowest BCUT2D eigenvalue weighted by Crippen LogP contribution is -2.44. The Kier molecular flexibility index (Phi) is 8.82. The Morgan fingerprint density at radius 2 is 1.59 bits per heavy atom. The molecule has 0 aliphatic carbocycles. The quantitative estimate of drug-likeness (QED) is 0.340. The van der Waals surface area contributed by atoms with Gasteiger partial charge in [-0.05, 0) is 82.6 Å². The molecule has 0 saturated carbocycles. The van der Waals surface area contributed by atoms with E-state index in [2.05, 4.69) is 20.9 Å². The van der Waals surface area contributed by atoms with Crippen LogP contribution in [0.3, 0.4) is 0 Å². The van der Waals surface area contributed by atoms with Crippen LogP contribution in [0.5, 0.6) is 5.75 Å². The first kappa shape index (κ1) is 28.1. The summed E-state index contributed by atoms with van der Waals surface area (Å²) in [6, 6.07) is 3.98. The minimum atomic E-state index is -1.02. The van der Waals surface area contributed by atoms with Gasteiger partial charge in [0.25, 0.3) is 0 Å². The Balaban J connectivity index is 2.58. The van der Waals surface area contributed by atoms with Crippen LogP contribution in [0.4, 0.5) is 19.8 Å². The standard InChI is InChI=1S/C23H26BrCl2FN2O5/c1-12(17-14(25)8-9-15(27)18(17)26)32-16-10-13(24)11-28-19(16)29(20(30)33-22(2,3)4)21(31)34-23(5,6)7/h8-12H,1-7H3/t12-/m0/s1. The second-order valence-corrected chi connectivity index (χ2v) is 11.0. The molecular formula is C23H26BrCl2FN2O5. The Bertz CT molecular complexity index is 1060. The predicted octanol–water partition coefficient (Wildman–Crippen LogP) is 8.11. The molecular weight excluding hydrogens is 554 g/mol. The molecule has 1 aromatic heterocycles. The van der Waals surface area contributed by atoms with Gasteiger partial charge in [-0.3, -0.25) is 0 Å². The lowest BCUT2D eigenvalue weighted by molar-refractivity contribution is 0.0426. The molecule has 0 aliphatic heterocycles. The van der Waals surface area contributed by atoms with Crippen molar-refractivity contribution in [3.8, 4) is 5.75 Å². The van der Waals surface area contributed by atoms with Gasteiger partial charge in [0, 0.05) is 21.3 Å². The van der Waals surface area contributed by atoms with Gasteiger partial charge in [0.2, 0.25) is 0 Å². The van der Waals surface area contributed by atoms with Gasteiger partial charge in [-0.2, -0.15) is 4.90 Å². The molecule has 1 heterocycles. The van der Waals surface area contributed by atoms with Crippen molar-refractivity contribution in [3.05, 3.63) is 50.3 Å². The highest BCUT2D eigenvalue weighted by molar-refractivity contribution is 9.10. The van der Waals surface area contributed by atoms with Gasteiger partial charge in [-0.1, -0.05) is 23.2 Å². The molecule has 0 unspecified atom stereocenters. The van der Waals surface area contributed by atoms with Crippen molar-refractivity contribution in [3.63, 3.8) is 0 Å². The second-order valence-electron chi connectivity index (χ2n) is 9.29. The van der Waals surface area contributed by atoms with Gasteiger partial charge in [0.15, 0.2) is 11.6 Å². The number of imide groups is 1. The highest BCUT2D eigenvalue weighted by atomic mass is 79.9. The molecule has 0 aliphatic rings. The van der Waals surface area contributed by atoms with Crippen LogP contribution in [0.2, 0.25) is 10.0 Å². The lowest BCUT2D eigenvalue weighted by atomic mass is 10.1. The van der Waals surface area contributed by atoms with E-state index >= 15 is 0 Å². The lowest BCUT2D eigenvalue weighted by Gasteiger charge is -2.29. The van der Waals surface area contributed by atoms with Crippen molar-refractivity contribution in [2.24, 2.45) is 0 Å². The summed E-state index contributed by atoms with van der Waals surface area (Å²) in [7, 11) is 0. The van der Waals surface area contributed by atoms with Gasteiger partial charge < -0.3 is 14.2 Å². The Morgan fingerprint density at radius 3 is 2.09 bits per heavy atom. The number of ether oxygens (including phenoxy) is 3. The number of pyridine rings is 1. The average molecular weight is 580 g/mol. The molecule has 0 radical (unpaired) electrons. The summed E-state index contributed by atoms with van der Waals surface area (Å²) in [6.07, 6.45) is -1.55. The summed E-state index contributed by atoms with van der Waals surface area (Å²) in [5.41, 5.74) is -1.64. The molecule has 0 fully saturated rings. The van der Waals surface area contributed by atoms with Crippen LogP contribution in [0.15, 0.2) is 28.9 Å². The van der Waals surface area contributed by atoms with E-state index in [-0.39, 0.29) is 27.2 Å². The van der Waals surface area contributed by atoms with Crippen LogP contribution in [-0.2, 0) is 9.47 Å². The molecule has 0 saturated heterocycles. The Morgan fingerprint density at radius 1 is 1.06 bits per heavy atom. The third-order valence-electron chi connectivity index (χ3n) is 3.95. The maximum Gasteiger partial charge on any atom is 0.425 e. The minimum absolute atomic E-state index is 0.00464. The van der Waals surface area contributed by atoms with E-state index in [0.717, 1.165) is 6.07 Å². The van der Waals surface area contributed by atoms with E-state index in [9.17, 15) is 14.0 Å². The molecule has 1 aromatic carbocycles. The van der Waals surface area contributed by atoms with Crippen molar-refractivity contribution in [2.75, 3.05) is 4.90 Å². The summed E-state index contributed by atoms with van der Waals surface area (Å²) in [6.45, 7) is 11.5. The van der Waals surface area contributed by atoms with Crippen molar-refractivity contribution in [1.82, 2.24) is 4.98 Å². The highest BCUT2D eigenvalue weighted by Crippen LogP contribution is 2.38. The summed E-state index contributed by atoms with van der Waals surface area (Å²) in [4.78, 5) is 30.9. The molecule has 2 aromatic rings. The van der Waals surface area contributed by atoms with E-state index in [0.29, 0.717) is 9.37 Å². The first-order valence-corrected chi connectivity index (χ1v) is 11.8. The van der Waals surface area contributed by atoms with Crippen LogP contribution in [0.1, 0.15) is 60.1 Å². The number of halogens is 4. The number of carbonyl (C=O) groups excluding carboxylic acids is 2. The molecule has 1 atom stereocenters. The van der Waals surface area contributed by atoms with Crippen molar-refractivity contribution in [1.29, 1.82) is 0 Å². The number of rotatable bonds is 4. The first-order chi connectivity index (χ1) is 15.5. The van der Waals surface area contributed by atoms with Crippen LogP contribution < -0.4 is 9.64 Å². The molecule has 0 bridgehead atoms. The van der Waals surface area contributed by atoms with Crippen LogP contribution >= 0.6 is 39.1 Å². The molecule has 34 heavy (non-hydrogen) atoms. The third-order valence-corrected chi connectivity index (χ3v) is 5.10. The summed E-state index contributed by atoms with van der Waals surface area (Å²) >= 11 is 15.6. The average Bonchev–Trinajstić information content (AvgIpc) is 2.64. The SMILES string of the molecule is C[C@H](Oc1cc(Br)cnc1N(C(=O)OC(C)(C)C)C(=O)OC(C)(C)C)c1c(Cl)ccc(F)c1Cl. The normalized spacial score (nSPS) is 12.7. The van der Waals surface area contributed by atoms with Gasteiger partial charge in [0.1, 0.15) is 23.1 Å². The molecule has 186 valence electrons. The van der Waals surface area contributed by atoms with Crippen LogP contribution in [0.25, 0.3) is 0 Å². The third kappa shape index (κ3) is 7.45. The fourth-order valence-electron chi connectivity index (χ4n) is 2.70. The fourth-order valence-corrected chi connectivity index (χ4v) is 3.68. The zero-order valence-corrected chi connectivity index (χ0v) is 22.9. The number of amides is 2. The van der Waals surface area contributed by atoms with Crippen molar-refractivity contribution >= 4 is 57.1 Å². The second kappa shape index (κ2) is 10.7. The molecule has 11 heteroatoms. The van der Waals surface area contributed by atoms with Crippen molar-refractivity contribution in [2.45, 2.75) is 65.8 Å². The minimum Gasteiger partial charge on any atom is -0.482 e. The number of nitrogens with zero attached hydrogens (tertiary/aromatic N) is 2. The number of carbonyl (C=O) groups is 2. The zero-order chi connectivity index (χ0) is 26.0. The van der Waals surface area contributed by atoms with Gasteiger partial charge in [-0.15, -0.1) is 0 Å². The number of hydrogen-bond donors (Lipinski definition) is 0. The smallest absolute Gasteiger partial charge is 0.425 e. The Hall–Kier alpha value is -2.10. The van der Waals surface area contributed by atoms with E-state index in [4.69, 9.17) is 37.4 Å². The molecule has 0 N–H and O–H groups in total. The van der Waals surface area contributed by atoms with Gasteiger partial charge in [0.05, 0.1) is 5.02 Å². The highest BCUT2D eigenvalue weighted by Gasteiger charge is 2.36.